The number of non-ortho nitro benzene ring substituents is 1. The van der Waals surface area contributed by atoms with Crippen molar-refractivity contribution in [1.82, 2.24) is 0 Å². The van der Waals surface area contributed by atoms with Crippen LogP contribution in [0.3, 0.4) is 0 Å². The van der Waals surface area contributed by atoms with Gasteiger partial charge in [-0.15, -0.1) is 0 Å². The number of rotatable bonds is 4. The van der Waals surface area contributed by atoms with Crippen molar-refractivity contribution < 1.29 is 69.3 Å². The minimum Gasteiger partial charge on any atom is -0.277 e. The maximum Gasteiger partial charge on any atom is 1.00 e. The first-order chi connectivity index (χ1) is 6.88. The topological polar surface area (TPSA) is 97.5 Å². The fourth-order valence-electron chi connectivity index (χ4n) is 0.856. The van der Waals surface area contributed by atoms with Gasteiger partial charge in [-0.3, -0.25) is 14.7 Å². The van der Waals surface area contributed by atoms with Gasteiger partial charge in [-0.05, 0) is 5.56 Å². The van der Waals surface area contributed by atoms with E-state index < -0.39 is 14.1 Å². The summed E-state index contributed by atoms with van der Waals surface area (Å²) in [6, 6.07) is 5.44. The van der Waals surface area contributed by atoms with Crippen LogP contribution in [0.4, 0.5) is 5.69 Å². The van der Waals surface area contributed by atoms with Gasteiger partial charge in [0, 0.05) is 28.7 Å². The zero-order valence-corrected chi connectivity index (χ0v) is 13.1. The van der Waals surface area contributed by atoms with Crippen LogP contribution < -0.4 is 51.4 Å². The minimum atomic E-state index is -4.07. The van der Waals surface area contributed by atoms with E-state index >= 15 is 0 Å². The van der Waals surface area contributed by atoms with Crippen molar-refractivity contribution in [2.45, 2.75) is 5.75 Å². The van der Waals surface area contributed by atoms with E-state index in [-0.39, 0.29) is 62.8 Å². The number of hydrogen-bond donors (Lipinski definition) is 1. The maximum atomic E-state index is 10.4. The van der Waals surface area contributed by atoms with E-state index in [1.54, 1.807) is 0 Å². The molecule has 0 radical (unpaired) electrons. The van der Waals surface area contributed by atoms with Crippen LogP contribution >= 0.6 is 10.8 Å². The Labute approximate surface area is 139 Å². The average Bonchev–Trinajstić information content (AvgIpc) is 2.14. The molecule has 9 heteroatoms. The van der Waals surface area contributed by atoms with Crippen molar-refractivity contribution in [1.29, 1.82) is 0 Å². The Hall–Kier alpha value is 0.516. The molecule has 0 heterocycles. The molecule has 0 saturated heterocycles. The summed E-state index contributed by atoms with van der Waals surface area (Å²) >= 11 is 0. The molecule has 16 heavy (non-hydrogen) atoms. The molecule has 0 saturated carbocycles. The molecule has 0 aliphatic carbocycles. The Morgan fingerprint density at radius 1 is 1.31 bits per heavy atom. The van der Waals surface area contributed by atoms with Crippen LogP contribution in [-0.4, -0.2) is 17.9 Å². The smallest absolute Gasteiger partial charge is 0.277 e. The summed E-state index contributed by atoms with van der Waals surface area (Å²) in [6.07, 6.45) is 0. The molecular weight excluding hydrogens is 281 g/mol. The molecule has 6 nitrogen and oxygen atoms in total. The van der Waals surface area contributed by atoms with Gasteiger partial charge in [-0.25, -0.2) is 0 Å². The van der Waals surface area contributed by atoms with E-state index in [1.807, 2.05) is 0 Å². The molecule has 0 amide bonds. The number of hydrogen-bond acceptors (Lipinski definition) is 5. The van der Waals surface area contributed by atoms with E-state index in [2.05, 4.69) is 0 Å². The number of nitro benzene ring substituents is 1. The van der Waals surface area contributed by atoms with E-state index in [0.29, 0.717) is 16.4 Å². The van der Waals surface area contributed by atoms with Gasteiger partial charge < -0.3 is 0 Å². The molecule has 0 aromatic heterocycles. The van der Waals surface area contributed by atoms with E-state index in [0.717, 1.165) is 0 Å². The third kappa shape index (κ3) is 6.30. The molecule has 82 valence electrons. The van der Waals surface area contributed by atoms with Gasteiger partial charge in [0.2, 0.25) is 0 Å². The normalized spacial score (nSPS) is 10.6. The van der Waals surface area contributed by atoms with Crippen LogP contribution in [0.5, 0.6) is 0 Å². The third-order valence-corrected chi connectivity index (χ3v) is 3.52. The second kappa shape index (κ2) is 7.06. The molecule has 1 aromatic rings. The molecule has 1 aromatic carbocycles. The van der Waals surface area contributed by atoms with Crippen LogP contribution in [0.2, 0.25) is 0 Å². The fourth-order valence-corrected chi connectivity index (χ4v) is 2.19. The first-order valence-corrected chi connectivity index (χ1v) is 6.68. The molecule has 1 N–H and O–H groups in total. The van der Waals surface area contributed by atoms with Crippen LogP contribution in [-0.2, 0) is 14.9 Å². The summed E-state index contributed by atoms with van der Waals surface area (Å²) in [4.78, 5) is 9.75. The second-order valence-corrected chi connectivity index (χ2v) is 5.96. The van der Waals surface area contributed by atoms with Crippen molar-refractivity contribution in [3.05, 3.63) is 39.9 Å². The molecule has 0 bridgehead atoms. The zero-order chi connectivity index (χ0) is 11.5. The quantitative estimate of drug-likeness (QED) is 0.241. The van der Waals surface area contributed by atoms with Crippen molar-refractivity contribution in [2.75, 3.05) is 0 Å². The number of nitro groups is 1. The molecule has 0 aliphatic heterocycles. The zero-order valence-electron chi connectivity index (χ0n) is 8.36. The fraction of sp³-hybridized carbons (Fsp3) is 0.143. The summed E-state index contributed by atoms with van der Waals surface area (Å²) in [5.41, 5.74) is 0.527. The first-order valence-electron chi connectivity index (χ1n) is 3.73. The molecule has 0 aliphatic rings. The number of benzene rings is 1. The molecule has 0 fully saturated rings. The van der Waals surface area contributed by atoms with Crippen molar-refractivity contribution in [3.8, 4) is 0 Å². The van der Waals surface area contributed by atoms with Gasteiger partial charge in [0.1, 0.15) is 0 Å². The van der Waals surface area contributed by atoms with Gasteiger partial charge in [0.05, 0.1) is 4.92 Å². The van der Waals surface area contributed by atoms with Crippen LogP contribution in [0, 0.1) is 10.1 Å². The predicted octanol–water partition coefficient (Wildman–Crippen LogP) is -1.37. The minimum absolute atomic E-state index is 0. The summed E-state index contributed by atoms with van der Waals surface area (Å²) in [5, 5.41) is 10.3. The molecule has 1 rings (SSSR count). The average molecular weight is 288 g/mol. The van der Waals surface area contributed by atoms with Gasteiger partial charge in [-0.2, -0.15) is 8.42 Å². The molecular formula is C7H7KNO5S2+. The largest absolute Gasteiger partial charge is 1.00 e. The van der Waals surface area contributed by atoms with Gasteiger partial charge in [0.15, 0.2) is 0 Å². The molecule has 0 atom stereocenters. The Morgan fingerprint density at radius 2 is 1.81 bits per heavy atom. The van der Waals surface area contributed by atoms with Crippen LogP contribution in [0.15, 0.2) is 24.3 Å². The van der Waals surface area contributed by atoms with Gasteiger partial charge in [0.25, 0.3) is 5.69 Å². The van der Waals surface area contributed by atoms with Crippen LogP contribution in [0.1, 0.15) is 5.56 Å². The van der Waals surface area contributed by atoms with Crippen LogP contribution in [0.25, 0.3) is 0 Å². The van der Waals surface area contributed by atoms with Crippen molar-refractivity contribution in [3.63, 3.8) is 0 Å². The molecule has 0 unspecified atom stereocenters. The second-order valence-electron chi connectivity index (χ2n) is 2.61. The SMILES string of the molecule is O=[N+]([O-])c1ccc(CSS(=O)(=O)O)cc1.[K+]. The summed E-state index contributed by atoms with van der Waals surface area (Å²) < 4.78 is 29.2. The van der Waals surface area contributed by atoms with Gasteiger partial charge in [-0.1, -0.05) is 12.1 Å². The first kappa shape index (κ1) is 16.5. The summed E-state index contributed by atoms with van der Waals surface area (Å²) in [7, 11) is -3.71. The Kier molecular flexibility index (Phi) is 7.29. The van der Waals surface area contributed by atoms with E-state index in [9.17, 15) is 18.5 Å². The standard InChI is InChI=1S/C7H7NO5S2.K/c9-8(10)7-3-1-6(2-4-7)5-14-15(11,12)13;/h1-4H,5H2,(H,11,12,13);/q;+1. The summed E-state index contributed by atoms with van der Waals surface area (Å²) in [5.74, 6) is 0.0524. The molecule has 0 spiro atoms. The summed E-state index contributed by atoms with van der Waals surface area (Å²) in [6.45, 7) is 0. The third-order valence-electron chi connectivity index (χ3n) is 1.52. The monoisotopic (exact) mass is 288 g/mol. The predicted molar refractivity (Wildman–Crippen MR) is 55.9 cm³/mol. The van der Waals surface area contributed by atoms with E-state index in [4.69, 9.17) is 4.55 Å². The Bertz CT molecular complexity index is 458. The number of nitrogens with zero attached hydrogens (tertiary/aromatic N) is 1. The van der Waals surface area contributed by atoms with Gasteiger partial charge >= 0.3 is 60.5 Å². The Morgan fingerprint density at radius 3 is 2.19 bits per heavy atom. The van der Waals surface area contributed by atoms with Crippen molar-refractivity contribution in [2.24, 2.45) is 0 Å². The van der Waals surface area contributed by atoms with E-state index in [1.165, 1.54) is 24.3 Å². The van der Waals surface area contributed by atoms with Crippen molar-refractivity contribution >= 4 is 25.6 Å². The Balaban J connectivity index is 0.00000225. The maximum absolute atomic E-state index is 10.4.